The number of hydrogen-bond donors (Lipinski definition) is 4. The first kappa shape index (κ1) is 15.0. The van der Waals surface area contributed by atoms with Gasteiger partial charge in [0, 0.05) is 0 Å². The number of amides is 2. The zero-order valence-electron chi connectivity index (χ0n) is 11.2. The molecule has 0 aliphatic carbocycles. The molecule has 2 rings (SSSR count). The Kier molecular flexibility index (Phi) is 4.38. The Labute approximate surface area is 125 Å². The van der Waals surface area contributed by atoms with E-state index in [9.17, 15) is 14.4 Å². The minimum Gasteiger partial charge on any atom is -0.478 e. The second-order valence-electron chi connectivity index (χ2n) is 4.28. The summed E-state index contributed by atoms with van der Waals surface area (Å²) in [6.07, 6.45) is 0. The minimum atomic E-state index is -1.18. The van der Waals surface area contributed by atoms with Crippen molar-refractivity contribution in [3.05, 3.63) is 59.7 Å². The van der Waals surface area contributed by atoms with E-state index in [-0.39, 0.29) is 22.5 Å². The monoisotopic (exact) mass is 300 g/mol. The maximum absolute atomic E-state index is 11.9. The lowest BCUT2D eigenvalue weighted by atomic mass is 10.1. The van der Waals surface area contributed by atoms with E-state index < -0.39 is 18.0 Å². The molecule has 0 unspecified atom stereocenters. The zero-order valence-corrected chi connectivity index (χ0v) is 11.2. The molecule has 0 radical (unpaired) electrons. The number of carbonyl (C=O) groups excluding carboxylic acids is 1. The van der Waals surface area contributed by atoms with Crippen LogP contribution in [0.15, 0.2) is 48.5 Å². The van der Waals surface area contributed by atoms with Gasteiger partial charge in [-0.2, -0.15) is 0 Å². The molecule has 2 aromatic carbocycles. The molecule has 0 aliphatic heterocycles. The normalized spacial score (nSPS) is 9.82. The third kappa shape index (κ3) is 3.40. The largest absolute Gasteiger partial charge is 0.478 e. The predicted molar refractivity (Wildman–Crippen MR) is 79.4 cm³/mol. The molecule has 112 valence electrons. The predicted octanol–water partition coefficient (Wildman–Crippen LogP) is 2.73. The summed E-state index contributed by atoms with van der Waals surface area (Å²) in [6.45, 7) is 0. The first-order valence-electron chi connectivity index (χ1n) is 6.21. The molecule has 0 saturated carbocycles. The highest BCUT2D eigenvalue weighted by atomic mass is 16.4. The van der Waals surface area contributed by atoms with Gasteiger partial charge in [0.25, 0.3) is 0 Å². The molecule has 7 nitrogen and oxygen atoms in total. The Morgan fingerprint density at radius 1 is 0.682 bits per heavy atom. The van der Waals surface area contributed by atoms with Gasteiger partial charge in [-0.25, -0.2) is 14.4 Å². The van der Waals surface area contributed by atoms with Crippen molar-refractivity contribution < 1.29 is 24.6 Å². The summed E-state index contributed by atoms with van der Waals surface area (Å²) in [5, 5.41) is 22.8. The van der Waals surface area contributed by atoms with Gasteiger partial charge in [0.2, 0.25) is 0 Å². The topological polar surface area (TPSA) is 116 Å². The molecule has 2 aromatic rings. The van der Waals surface area contributed by atoms with Crippen LogP contribution in [-0.4, -0.2) is 28.2 Å². The standard InChI is InChI=1S/C15H12N2O5/c18-13(19)9-5-1-3-7-11(9)16-15(22)17-12-8-4-2-6-10(12)14(20)21/h1-8H,(H,18,19)(H,20,21)(H2,16,17,22). The van der Waals surface area contributed by atoms with Crippen LogP contribution in [0.5, 0.6) is 0 Å². The number of benzene rings is 2. The molecule has 0 aromatic heterocycles. The third-order valence-electron chi connectivity index (χ3n) is 2.81. The summed E-state index contributed by atoms with van der Waals surface area (Å²) in [4.78, 5) is 34.0. The Balaban J connectivity index is 2.18. The Morgan fingerprint density at radius 2 is 1.05 bits per heavy atom. The molecular formula is C15H12N2O5. The second kappa shape index (κ2) is 6.40. The van der Waals surface area contributed by atoms with Crippen molar-refractivity contribution in [3.63, 3.8) is 0 Å². The first-order valence-corrected chi connectivity index (χ1v) is 6.21. The summed E-state index contributed by atoms with van der Waals surface area (Å²) in [5.74, 6) is -2.36. The van der Waals surface area contributed by atoms with Gasteiger partial charge in [0.05, 0.1) is 22.5 Å². The third-order valence-corrected chi connectivity index (χ3v) is 2.81. The maximum atomic E-state index is 11.9. The van der Waals surface area contributed by atoms with Gasteiger partial charge in [-0.05, 0) is 24.3 Å². The molecule has 0 saturated heterocycles. The first-order chi connectivity index (χ1) is 10.5. The highest BCUT2D eigenvalue weighted by molar-refractivity contribution is 6.07. The van der Waals surface area contributed by atoms with Gasteiger partial charge in [-0.1, -0.05) is 24.3 Å². The van der Waals surface area contributed by atoms with Gasteiger partial charge in [0.1, 0.15) is 0 Å². The van der Waals surface area contributed by atoms with E-state index in [1.807, 2.05) is 0 Å². The molecule has 0 spiro atoms. The van der Waals surface area contributed by atoms with E-state index in [1.54, 1.807) is 12.1 Å². The maximum Gasteiger partial charge on any atom is 0.337 e. The summed E-state index contributed by atoms with van der Waals surface area (Å²) < 4.78 is 0. The van der Waals surface area contributed by atoms with Crippen molar-refractivity contribution in [2.75, 3.05) is 10.6 Å². The molecule has 7 heteroatoms. The van der Waals surface area contributed by atoms with Crippen molar-refractivity contribution in [2.24, 2.45) is 0 Å². The number of carbonyl (C=O) groups is 3. The fourth-order valence-corrected chi connectivity index (χ4v) is 1.83. The van der Waals surface area contributed by atoms with Crippen molar-refractivity contribution in [3.8, 4) is 0 Å². The van der Waals surface area contributed by atoms with Crippen LogP contribution < -0.4 is 10.6 Å². The van der Waals surface area contributed by atoms with E-state index >= 15 is 0 Å². The van der Waals surface area contributed by atoms with Crippen molar-refractivity contribution in [2.45, 2.75) is 0 Å². The molecule has 0 bridgehead atoms. The van der Waals surface area contributed by atoms with Gasteiger partial charge in [-0.3, -0.25) is 0 Å². The van der Waals surface area contributed by atoms with Crippen LogP contribution in [0.2, 0.25) is 0 Å². The number of carboxylic acids is 2. The van der Waals surface area contributed by atoms with E-state index in [0.29, 0.717) is 0 Å². The van der Waals surface area contributed by atoms with Gasteiger partial charge >= 0.3 is 18.0 Å². The summed E-state index contributed by atoms with van der Waals surface area (Å²) in [7, 11) is 0. The molecule has 0 atom stereocenters. The fraction of sp³-hybridized carbons (Fsp3) is 0. The number of aromatic carboxylic acids is 2. The average molecular weight is 300 g/mol. The molecule has 0 fully saturated rings. The van der Waals surface area contributed by atoms with E-state index in [0.717, 1.165) is 0 Å². The molecular weight excluding hydrogens is 288 g/mol. The van der Waals surface area contributed by atoms with E-state index in [2.05, 4.69) is 10.6 Å². The molecule has 2 amide bonds. The average Bonchev–Trinajstić information content (AvgIpc) is 2.47. The van der Waals surface area contributed by atoms with Crippen LogP contribution in [0.4, 0.5) is 16.2 Å². The number of urea groups is 1. The minimum absolute atomic E-state index is 0.0656. The van der Waals surface area contributed by atoms with Crippen LogP contribution >= 0.6 is 0 Å². The number of nitrogens with one attached hydrogen (secondary N) is 2. The highest BCUT2D eigenvalue weighted by Gasteiger charge is 2.14. The van der Waals surface area contributed by atoms with Gasteiger partial charge in [-0.15, -0.1) is 0 Å². The molecule has 0 heterocycles. The van der Waals surface area contributed by atoms with Crippen LogP contribution in [0, 0.1) is 0 Å². The number of hydrogen-bond acceptors (Lipinski definition) is 3. The smallest absolute Gasteiger partial charge is 0.337 e. The Morgan fingerprint density at radius 3 is 1.41 bits per heavy atom. The van der Waals surface area contributed by atoms with Crippen molar-refractivity contribution in [1.82, 2.24) is 0 Å². The van der Waals surface area contributed by atoms with Crippen LogP contribution in [0.25, 0.3) is 0 Å². The fourth-order valence-electron chi connectivity index (χ4n) is 1.83. The quantitative estimate of drug-likeness (QED) is 0.693. The number of rotatable bonds is 4. The molecule has 4 N–H and O–H groups in total. The van der Waals surface area contributed by atoms with Crippen LogP contribution in [0.3, 0.4) is 0 Å². The second-order valence-corrected chi connectivity index (χ2v) is 4.28. The van der Waals surface area contributed by atoms with Crippen LogP contribution in [-0.2, 0) is 0 Å². The van der Waals surface area contributed by atoms with Crippen molar-refractivity contribution in [1.29, 1.82) is 0 Å². The number of carboxylic acid groups (broad SMARTS) is 2. The Bertz CT molecular complexity index is 681. The molecule has 22 heavy (non-hydrogen) atoms. The van der Waals surface area contributed by atoms with Gasteiger partial charge < -0.3 is 20.8 Å². The van der Waals surface area contributed by atoms with Crippen molar-refractivity contribution >= 4 is 29.3 Å². The van der Waals surface area contributed by atoms with E-state index in [1.165, 1.54) is 36.4 Å². The zero-order chi connectivity index (χ0) is 16.1. The number of anilines is 2. The number of para-hydroxylation sites is 2. The lowest BCUT2D eigenvalue weighted by molar-refractivity contribution is 0.0687. The lowest BCUT2D eigenvalue weighted by Crippen LogP contribution is -2.22. The molecule has 0 aliphatic rings. The summed E-state index contributed by atoms with van der Waals surface area (Å²) in [5.41, 5.74) is 0.0916. The summed E-state index contributed by atoms with van der Waals surface area (Å²) in [6, 6.07) is 11.1. The van der Waals surface area contributed by atoms with E-state index in [4.69, 9.17) is 10.2 Å². The SMILES string of the molecule is O=C(Nc1ccccc1C(=O)O)Nc1ccccc1C(=O)O. The van der Waals surface area contributed by atoms with Crippen LogP contribution in [0.1, 0.15) is 20.7 Å². The Hall–Kier alpha value is -3.35. The highest BCUT2D eigenvalue weighted by Crippen LogP contribution is 2.18. The van der Waals surface area contributed by atoms with Gasteiger partial charge in [0.15, 0.2) is 0 Å². The lowest BCUT2D eigenvalue weighted by Gasteiger charge is -2.11. The summed E-state index contributed by atoms with van der Waals surface area (Å²) >= 11 is 0.